The largest absolute Gasteiger partial charge is 0.491 e. The van der Waals surface area contributed by atoms with Crippen LogP contribution >= 0.6 is 0 Å². The second-order valence-corrected chi connectivity index (χ2v) is 7.58. The fourth-order valence-corrected chi connectivity index (χ4v) is 3.47. The molecule has 4 aromatic rings. The quantitative estimate of drug-likeness (QED) is 0.171. The minimum Gasteiger partial charge on any atom is -0.491 e. The van der Waals surface area contributed by atoms with E-state index in [1.807, 2.05) is 0 Å². The van der Waals surface area contributed by atoms with E-state index in [-0.39, 0.29) is 59.9 Å². The normalized spacial score (nSPS) is 12.3. The van der Waals surface area contributed by atoms with E-state index in [1.54, 1.807) is 0 Å². The Morgan fingerprint density at radius 2 is 1.00 bits per heavy atom. The zero-order valence-corrected chi connectivity index (χ0v) is 18.6. The van der Waals surface area contributed by atoms with E-state index < -0.39 is 34.7 Å². The lowest BCUT2D eigenvalue weighted by atomic mass is 10.1. The van der Waals surface area contributed by atoms with Crippen LogP contribution in [0.15, 0.2) is 67.0 Å². The maximum atomic E-state index is 13.1. The minimum atomic E-state index is -4.72. The average Bonchev–Trinajstić information content (AvgIpc) is 2.80. The summed E-state index contributed by atoms with van der Waals surface area (Å²) in [6.07, 6.45) is -9.45. The fourth-order valence-electron chi connectivity index (χ4n) is 3.47. The lowest BCUT2D eigenvalue weighted by molar-refractivity contribution is -0.137. The van der Waals surface area contributed by atoms with Crippen molar-refractivity contribution in [1.29, 1.82) is 0 Å². The third-order valence-electron chi connectivity index (χ3n) is 5.04. The Morgan fingerprint density at radius 1 is 0.595 bits per heavy atom. The lowest BCUT2D eigenvalue weighted by Crippen LogP contribution is -2.13. The van der Waals surface area contributed by atoms with Crippen LogP contribution in [0.4, 0.5) is 26.3 Å². The Morgan fingerprint density at radius 3 is 1.38 bits per heavy atom. The van der Waals surface area contributed by atoms with Crippen molar-refractivity contribution in [3.8, 4) is 11.5 Å². The summed E-state index contributed by atoms with van der Waals surface area (Å²) >= 11 is 0. The Balaban J connectivity index is 1.27. The molecule has 7 nitrogen and oxygen atoms in total. The summed E-state index contributed by atoms with van der Waals surface area (Å²) in [4.78, 5) is 22.9. The van der Waals surface area contributed by atoms with E-state index in [4.69, 9.17) is 23.0 Å². The molecule has 0 aliphatic heterocycles. The molecule has 0 saturated carbocycles. The zero-order valence-electron chi connectivity index (χ0n) is 18.6. The Hall–Kier alpha value is -4.00. The Labute approximate surface area is 202 Å². The Kier molecular flexibility index (Phi) is 7.16. The molecule has 0 bridgehead atoms. The fraction of sp³-hybridized carbons (Fsp3) is 0.250. The topological polar surface area (TPSA) is 88.1 Å². The van der Waals surface area contributed by atoms with Crippen molar-refractivity contribution in [2.24, 2.45) is 0 Å². The molecule has 0 aliphatic rings. The Bertz CT molecular complexity index is 1420. The smallest absolute Gasteiger partial charge is 0.417 e. The molecule has 0 fully saturated rings. The van der Waals surface area contributed by atoms with E-state index >= 15 is 0 Å². The molecule has 2 aromatic carbocycles. The van der Waals surface area contributed by atoms with Crippen LogP contribution in [0, 0.1) is 0 Å². The molecule has 0 radical (unpaired) electrons. The molecular formula is C24H16F6O7. The molecule has 2 aromatic heterocycles. The van der Waals surface area contributed by atoms with Gasteiger partial charge in [-0.2, -0.15) is 26.3 Å². The predicted molar refractivity (Wildman–Crippen MR) is 117 cm³/mol. The van der Waals surface area contributed by atoms with E-state index in [9.17, 15) is 35.9 Å². The molecule has 2 heterocycles. The molecular weight excluding hydrogens is 514 g/mol. The first-order valence-electron chi connectivity index (χ1n) is 10.6. The third kappa shape index (κ3) is 6.23. The second kappa shape index (κ2) is 10.2. The summed E-state index contributed by atoms with van der Waals surface area (Å²) in [6.45, 7) is 0.150. The molecule has 4 rings (SSSR count). The standard InChI is InChI=1S/C24H16F6O7/c25-23(26,27)17-11-21(31)36-19-9-13(1-3-15(17)19)34-7-5-33-6-8-35-14-2-4-16-18(24(28,29)30)12-22(32)37-20(16)10-14/h1-4,9-12H,5-8H2. The number of ether oxygens (including phenoxy) is 3. The van der Waals surface area contributed by atoms with Crippen molar-refractivity contribution in [2.45, 2.75) is 12.4 Å². The van der Waals surface area contributed by atoms with Crippen molar-refractivity contribution in [3.63, 3.8) is 0 Å². The SMILES string of the molecule is O=c1cc(C(F)(F)F)c2ccc(OCCOCCOc3ccc4c(C(F)(F)F)cc(=O)oc4c3)cc2o1. The van der Waals surface area contributed by atoms with Crippen molar-refractivity contribution in [3.05, 3.63) is 80.5 Å². The highest BCUT2D eigenvalue weighted by Gasteiger charge is 2.34. The minimum absolute atomic E-state index is 0.00997. The summed E-state index contributed by atoms with van der Waals surface area (Å²) < 4.78 is 104. The molecule has 37 heavy (non-hydrogen) atoms. The number of rotatable bonds is 8. The van der Waals surface area contributed by atoms with Gasteiger partial charge in [-0.05, 0) is 24.3 Å². The maximum absolute atomic E-state index is 13.1. The van der Waals surface area contributed by atoms with Gasteiger partial charge >= 0.3 is 23.6 Å². The van der Waals surface area contributed by atoms with Gasteiger partial charge in [-0.3, -0.25) is 0 Å². The first-order chi connectivity index (χ1) is 17.4. The molecule has 13 heteroatoms. The first kappa shape index (κ1) is 26.1. The van der Waals surface area contributed by atoms with Gasteiger partial charge in [0.05, 0.1) is 24.3 Å². The average molecular weight is 530 g/mol. The van der Waals surface area contributed by atoms with Crippen LogP contribution in [-0.4, -0.2) is 26.4 Å². The zero-order chi connectivity index (χ0) is 26.8. The van der Waals surface area contributed by atoms with Crippen LogP contribution in [0.3, 0.4) is 0 Å². The van der Waals surface area contributed by atoms with Crippen molar-refractivity contribution >= 4 is 21.9 Å². The predicted octanol–water partition coefficient (Wildman–Crippen LogP) is 5.41. The van der Waals surface area contributed by atoms with Gasteiger partial charge in [-0.15, -0.1) is 0 Å². The molecule has 0 unspecified atom stereocenters. The van der Waals surface area contributed by atoms with Gasteiger partial charge in [0, 0.05) is 35.0 Å². The van der Waals surface area contributed by atoms with E-state index in [0.29, 0.717) is 12.1 Å². The maximum Gasteiger partial charge on any atom is 0.417 e. The van der Waals surface area contributed by atoms with Gasteiger partial charge in [0.25, 0.3) is 0 Å². The van der Waals surface area contributed by atoms with Crippen molar-refractivity contribution in [2.75, 3.05) is 26.4 Å². The number of benzene rings is 2. The third-order valence-corrected chi connectivity index (χ3v) is 5.04. The first-order valence-corrected chi connectivity index (χ1v) is 10.6. The van der Waals surface area contributed by atoms with Crippen LogP contribution in [-0.2, 0) is 17.1 Å². The molecule has 0 N–H and O–H groups in total. The number of halogens is 6. The van der Waals surface area contributed by atoms with E-state index in [1.165, 1.54) is 12.1 Å². The molecule has 0 atom stereocenters. The van der Waals surface area contributed by atoms with Gasteiger partial charge < -0.3 is 23.0 Å². The van der Waals surface area contributed by atoms with Crippen LogP contribution in [0.25, 0.3) is 21.9 Å². The highest BCUT2D eigenvalue weighted by Crippen LogP contribution is 2.36. The highest BCUT2D eigenvalue weighted by atomic mass is 19.4. The monoisotopic (exact) mass is 530 g/mol. The number of hydrogen-bond donors (Lipinski definition) is 0. The summed E-state index contributed by atoms with van der Waals surface area (Å²) in [5.41, 5.74) is -5.06. The van der Waals surface area contributed by atoms with Crippen LogP contribution in [0.2, 0.25) is 0 Å². The highest BCUT2D eigenvalue weighted by molar-refractivity contribution is 5.82. The van der Waals surface area contributed by atoms with Gasteiger partial charge in [0.2, 0.25) is 0 Å². The summed E-state index contributed by atoms with van der Waals surface area (Å²) in [5.74, 6) is 0.316. The molecule has 196 valence electrons. The lowest BCUT2D eigenvalue weighted by Gasteiger charge is -2.12. The van der Waals surface area contributed by atoms with Gasteiger partial charge in [-0.25, -0.2) is 9.59 Å². The molecule has 0 spiro atoms. The molecule has 0 amide bonds. The molecule has 0 saturated heterocycles. The van der Waals surface area contributed by atoms with Crippen molar-refractivity contribution in [1.82, 2.24) is 0 Å². The number of alkyl halides is 6. The summed E-state index contributed by atoms with van der Waals surface area (Å²) in [6, 6.07) is 7.95. The van der Waals surface area contributed by atoms with Crippen LogP contribution < -0.4 is 20.7 Å². The van der Waals surface area contributed by atoms with Gasteiger partial charge in [0.1, 0.15) is 35.9 Å². The van der Waals surface area contributed by atoms with Gasteiger partial charge in [-0.1, -0.05) is 0 Å². The summed E-state index contributed by atoms with van der Waals surface area (Å²) in [5, 5.41) is -0.564. The van der Waals surface area contributed by atoms with E-state index in [2.05, 4.69) is 0 Å². The van der Waals surface area contributed by atoms with E-state index in [0.717, 1.165) is 24.3 Å². The number of fused-ring (bicyclic) bond motifs is 2. The van der Waals surface area contributed by atoms with Gasteiger partial charge in [0.15, 0.2) is 0 Å². The van der Waals surface area contributed by atoms with Crippen molar-refractivity contribution < 1.29 is 49.4 Å². The van der Waals surface area contributed by atoms with Crippen LogP contribution in [0.1, 0.15) is 11.1 Å². The second-order valence-electron chi connectivity index (χ2n) is 7.58. The summed E-state index contributed by atoms with van der Waals surface area (Å²) in [7, 11) is 0. The molecule has 0 aliphatic carbocycles. The van der Waals surface area contributed by atoms with Crippen LogP contribution in [0.5, 0.6) is 11.5 Å². The number of hydrogen-bond acceptors (Lipinski definition) is 7.